The maximum atomic E-state index is 12.4. The molecule has 8 heteroatoms. The van der Waals surface area contributed by atoms with Crippen molar-refractivity contribution >= 4 is 23.2 Å². The van der Waals surface area contributed by atoms with Crippen LogP contribution in [0.5, 0.6) is 0 Å². The summed E-state index contributed by atoms with van der Waals surface area (Å²) in [6.45, 7) is 3.10. The Morgan fingerprint density at radius 2 is 2.15 bits per heavy atom. The molecule has 0 saturated heterocycles. The van der Waals surface area contributed by atoms with E-state index in [9.17, 15) is 22.8 Å². The van der Waals surface area contributed by atoms with Crippen LogP contribution in [0.3, 0.4) is 0 Å². The molecule has 1 heterocycles. The first kappa shape index (κ1) is 16.2. The largest absolute Gasteiger partial charge is 0.417 e. The van der Waals surface area contributed by atoms with Crippen LogP contribution in [-0.4, -0.2) is 30.3 Å². The first-order valence-electron chi connectivity index (χ1n) is 5.53. The lowest BCUT2D eigenvalue weighted by Gasteiger charge is -2.14. The van der Waals surface area contributed by atoms with Crippen LogP contribution in [0.2, 0.25) is 0 Å². The summed E-state index contributed by atoms with van der Waals surface area (Å²) in [6.07, 6.45) is -3.31. The molecule has 2 amide bonds. The smallest absolute Gasteiger partial charge is 0.350 e. The van der Waals surface area contributed by atoms with Crippen molar-refractivity contribution in [3.63, 3.8) is 0 Å². The Balaban J connectivity index is 2.47. The summed E-state index contributed by atoms with van der Waals surface area (Å²) in [6, 6.07) is 0.990. The van der Waals surface area contributed by atoms with Gasteiger partial charge in [-0.25, -0.2) is 0 Å². The molecular weight excluding hydrogens is 293 g/mol. The van der Waals surface area contributed by atoms with E-state index in [1.165, 1.54) is 7.05 Å². The molecule has 0 unspecified atom stereocenters. The molecule has 0 aliphatic heterocycles. The molecule has 1 rings (SSSR count). The first-order valence-corrected chi connectivity index (χ1v) is 6.41. The van der Waals surface area contributed by atoms with Crippen LogP contribution in [-0.2, 0) is 22.3 Å². The van der Waals surface area contributed by atoms with E-state index in [2.05, 4.69) is 11.9 Å². The Hall–Kier alpha value is -1.83. The quantitative estimate of drug-likeness (QED) is 0.846. The number of halogens is 3. The van der Waals surface area contributed by atoms with Crippen molar-refractivity contribution < 1.29 is 22.8 Å². The van der Waals surface area contributed by atoms with Crippen LogP contribution >= 0.6 is 11.3 Å². The number of likely N-dealkylation sites (N-methyl/N-ethyl adjacent to an activating group) is 1. The van der Waals surface area contributed by atoms with Crippen LogP contribution in [0.15, 0.2) is 24.1 Å². The molecule has 0 aliphatic carbocycles. The highest BCUT2D eigenvalue weighted by atomic mass is 32.1. The average molecular weight is 306 g/mol. The van der Waals surface area contributed by atoms with Crippen LogP contribution in [0.25, 0.3) is 0 Å². The van der Waals surface area contributed by atoms with Gasteiger partial charge >= 0.3 is 6.18 Å². The van der Waals surface area contributed by atoms with E-state index in [0.29, 0.717) is 4.88 Å². The molecule has 0 saturated carbocycles. The van der Waals surface area contributed by atoms with Gasteiger partial charge in [-0.05, 0) is 12.1 Å². The highest BCUT2D eigenvalue weighted by Gasteiger charge is 2.31. The van der Waals surface area contributed by atoms with E-state index in [0.717, 1.165) is 33.8 Å². The van der Waals surface area contributed by atoms with Crippen molar-refractivity contribution in [2.24, 2.45) is 0 Å². The van der Waals surface area contributed by atoms with E-state index in [4.69, 9.17) is 0 Å². The minimum Gasteiger partial charge on any atom is -0.350 e. The van der Waals surface area contributed by atoms with Gasteiger partial charge in [-0.3, -0.25) is 9.59 Å². The number of rotatable bonds is 5. The van der Waals surface area contributed by atoms with Gasteiger partial charge in [-0.1, -0.05) is 6.58 Å². The van der Waals surface area contributed by atoms with E-state index in [1.807, 2.05) is 0 Å². The van der Waals surface area contributed by atoms with Gasteiger partial charge in [0.05, 0.1) is 18.7 Å². The predicted octanol–water partition coefficient (Wildman–Crippen LogP) is 2.03. The van der Waals surface area contributed by atoms with Crippen molar-refractivity contribution in [2.45, 2.75) is 12.7 Å². The summed E-state index contributed by atoms with van der Waals surface area (Å²) in [5, 5.41) is 3.44. The average Bonchev–Trinajstić information content (AvgIpc) is 2.83. The molecule has 0 bridgehead atoms. The van der Waals surface area contributed by atoms with Gasteiger partial charge in [0.25, 0.3) is 0 Å². The maximum absolute atomic E-state index is 12.4. The van der Waals surface area contributed by atoms with Crippen molar-refractivity contribution in [1.29, 1.82) is 0 Å². The van der Waals surface area contributed by atoms with E-state index in [1.54, 1.807) is 0 Å². The highest BCUT2D eigenvalue weighted by molar-refractivity contribution is 7.10. The number of carbonyl (C=O) groups is 2. The minimum atomic E-state index is -4.38. The van der Waals surface area contributed by atoms with Gasteiger partial charge in [-0.2, -0.15) is 13.2 Å². The molecule has 20 heavy (non-hydrogen) atoms. The fourth-order valence-corrected chi connectivity index (χ4v) is 2.14. The van der Waals surface area contributed by atoms with Crippen molar-refractivity contribution in [3.05, 3.63) is 34.5 Å². The van der Waals surface area contributed by atoms with Crippen LogP contribution < -0.4 is 5.32 Å². The number of nitrogens with one attached hydrogen (secondary N) is 1. The van der Waals surface area contributed by atoms with Gasteiger partial charge in [0.1, 0.15) is 0 Å². The molecule has 0 atom stereocenters. The number of thiophene rings is 1. The Morgan fingerprint density at radius 3 is 2.65 bits per heavy atom. The third-order valence-corrected chi connectivity index (χ3v) is 3.31. The second-order valence-corrected chi connectivity index (χ2v) is 4.97. The summed E-state index contributed by atoms with van der Waals surface area (Å²) in [7, 11) is 1.43. The normalized spacial score (nSPS) is 11.0. The van der Waals surface area contributed by atoms with Gasteiger partial charge in [0.15, 0.2) is 0 Å². The summed E-state index contributed by atoms with van der Waals surface area (Å²) >= 11 is 0.917. The standard InChI is InChI=1S/C12H13F3N2O2S/c1-3-11(19)17(2)6-10(18)16-5-9-4-8(7-20-9)12(13,14)15/h3-4,7H,1,5-6H2,2H3,(H,16,18). The van der Waals surface area contributed by atoms with Gasteiger partial charge in [0.2, 0.25) is 11.8 Å². The zero-order chi connectivity index (χ0) is 15.3. The fourth-order valence-electron chi connectivity index (χ4n) is 1.31. The number of carbonyl (C=O) groups excluding carboxylic acids is 2. The summed E-state index contributed by atoms with van der Waals surface area (Å²) in [5.74, 6) is -0.861. The second kappa shape index (κ2) is 6.56. The Labute approximate surface area is 117 Å². The summed E-state index contributed by atoms with van der Waals surface area (Å²) in [4.78, 5) is 24.2. The van der Waals surface area contributed by atoms with Crippen molar-refractivity contribution in [1.82, 2.24) is 10.2 Å². The molecule has 1 aromatic heterocycles. The van der Waals surface area contributed by atoms with Gasteiger partial charge in [-0.15, -0.1) is 11.3 Å². The minimum absolute atomic E-state index is 0.00427. The summed E-state index contributed by atoms with van der Waals surface area (Å²) in [5.41, 5.74) is -0.731. The summed E-state index contributed by atoms with van der Waals surface area (Å²) < 4.78 is 37.1. The Bertz CT molecular complexity index is 511. The van der Waals surface area contributed by atoms with E-state index >= 15 is 0 Å². The fraction of sp³-hybridized carbons (Fsp3) is 0.333. The number of amides is 2. The van der Waals surface area contributed by atoms with E-state index < -0.39 is 23.6 Å². The number of hydrogen-bond donors (Lipinski definition) is 1. The lowest BCUT2D eigenvalue weighted by Crippen LogP contribution is -2.37. The third-order valence-electron chi connectivity index (χ3n) is 2.37. The molecule has 1 aromatic rings. The van der Waals surface area contributed by atoms with Crippen molar-refractivity contribution in [3.8, 4) is 0 Å². The van der Waals surface area contributed by atoms with E-state index in [-0.39, 0.29) is 13.1 Å². The molecule has 0 aromatic carbocycles. The topological polar surface area (TPSA) is 49.4 Å². The molecule has 0 fully saturated rings. The zero-order valence-electron chi connectivity index (χ0n) is 10.7. The molecule has 0 radical (unpaired) electrons. The maximum Gasteiger partial charge on any atom is 0.417 e. The lowest BCUT2D eigenvalue weighted by atomic mass is 10.3. The Kier molecular flexibility index (Phi) is 5.32. The molecule has 0 spiro atoms. The highest BCUT2D eigenvalue weighted by Crippen LogP contribution is 2.32. The van der Waals surface area contributed by atoms with Gasteiger partial charge in [0, 0.05) is 17.3 Å². The molecule has 4 nitrogen and oxygen atoms in total. The first-order chi connectivity index (χ1) is 9.24. The monoisotopic (exact) mass is 306 g/mol. The number of alkyl halides is 3. The Morgan fingerprint density at radius 1 is 1.50 bits per heavy atom. The lowest BCUT2D eigenvalue weighted by molar-refractivity contribution is -0.137. The number of nitrogens with zero attached hydrogens (tertiary/aromatic N) is 1. The third kappa shape index (κ3) is 4.69. The second-order valence-electron chi connectivity index (χ2n) is 3.97. The SMILES string of the molecule is C=CC(=O)N(C)CC(=O)NCc1cc(C(F)(F)F)cs1. The molecule has 1 N–H and O–H groups in total. The van der Waals surface area contributed by atoms with Crippen LogP contribution in [0, 0.1) is 0 Å². The van der Waals surface area contributed by atoms with Crippen molar-refractivity contribution in [2.75, 3.05) is 13.6 Å². The molecule has 110 valence electrons. The predicted molar refractivity (Wildman–Crippen MR) is 69.0 cm³/mol. The zero-order valence-corrected chi connectivity index (χ0v) is 11.5. The van der Waals surface area contributed by atoms with Crippen LogP contribution in [0.4, 0.5) is 13.2 Å². The van der Waals surface area contributed by atoms with Crippen LogP contribution in [0.1, 0.15) is 10.4 Å². The molecule has 0 aliphatic rings. The van der Waals surface area contributed by atoms with Gasteiger partial charge < -0.3 is 10.2 Å². The molecular formula is C12H13F3N2O2S. The number of hydrogen-bond acceptors (Lipinski definition) is 3.